The quantitative estimate of drug-likeness (QED) is 0.402. The van der Waals surface area contributed by atoms with Gasteiger partial charge in [0.05, 0.1) is 0 Å². The summed E-state index contributed by atoms with van der Waals surface area (Å²) in [6.45, 7) is 11.0. The van der Waals surface area contributed by atoms with Crippen LogP contribution in [0.2, 0.25) is 0 Å². The number of anilines is 1. The summed E-state index contributed by atoms with van der Waals surface area (Å²) in [5.74, 6) is 1.47. The van der Waals surface area contributed by atoms with E-state index in [4.69, 9.17) is 5.73 Å². The van der Waals surface area contributed by atoms with E-state index in [9.17, 15) is 4.21 Å². The van der Waals surface area contributed by atoms with Gasteiger partial charge in [-0.1, -0.05) is 23.8 Å². The van der Waals surface area contributed by atoms with E-state index in [1.54, 1.807) is 18.6 Å². The van der Waals surface area contributed by atoms with Gasteiger partial charge in [-0.15, -0.1) is 0 Å². The van der Waals surface area contributed by atoms with Crippen LogP contribution in [0.25, 0.3) is 0 Å². The Morgan fingerprint density at radius 3 is 1.48 bits per heavy atom. The molecule has 0 bridgehead atoms. The Morgan fingerprint density at radius 2 is 1.35 bits per heavy atom. The van der Waals surface area contributed by atoms with Gasteiger partial charge in [0.15, 0.2) is 0 Å². The fourth-order valence-electron chi connectivity index (χ4n) is 1.81. The average Bonchev–Trinajstić information content (AvgIpc) is 2.58. The number of nitrogens with two attached hydrogens (primary N) is 1. The maximum absolute atomic E-state index is 9.56. The molecule has 0 saturated heterocycles. The van der Waals surface area contributed by atoms with Crippen LogP contribution in [0.5, 0.6) is 0 Å². The molecule has 2 radical (unpaired) electrons. The van der Waals surface area contributed by atoms with Crippen molar-refractivity contribution < 1.29 is 24.3 Å². The van der Waals surface area contributed by atoms with E-state index in [2.05, 4.69) is 40.7 Å². The van der Waals surface area contributed by atoms with Gasteiger partial charge in [-0.05, 0) is 38.8 Å². The van der Waals surface area contributed by atoms with Gasteiger partial charge in [-0.25, -0.2) is 0 Å². The topological polar surface area (TPSA) is 43.1 Å². The minimum atomic E-state index is -0.611. The van der Waals surface area contributed by atoms with Crippen molar-refractivity contribution in [3.8, 4) is 0 Å². The molecule has 2 nitrogen and oxygen atoms in total. The first-order valence-corrected chi connectivity index (χ1v) is 8.81. The van der Waals surface area contributed by atoms with E-state index in [0.29, 0.717) is 0 Å². The first-order valence-electron chi connectivity index (χ1n) is 6.84. The number of benzene rings is 1. The number of hydrogen-bond acceptors (Lipinski definition) is 2. The number of nitrogen functional groups attached to an aromatic ring is 1. The fourth-order valence-corrected chi connectivity index (χ4v) is 1.81. The molecule has 1 aliphatic rings. The summed E-state index contributed by atoms with van der Waals surface area (Å²) in [4.78, 5) is 0. The van der Waals surface area contributed by atoms with E-state index in [1.165, 1.54) is 28.2 Å². The number of hydrogen-bond donors (Lipinski definition) is 1. The van der Waals surface area contributed by atoms with E-state index in [0.717, 1.165) is 5.69 Å². The molecule has 1 aromatic rings. The number of allylic oxidation sites excluding steroid dienone is 4. The van der Waals surface area contributed by atoms with Crippen molar-refractivity contribution in [3.63, 3.8) is 0 Å². The van der Waals surface area contributed by atoms with E-state index in [1.807, 2.05) is 18.2 Å². The van der Waals surface area contributed by atoms with Crippen molar-refractivity contribution >= 4 is 16.5 Å². The van der Waals surface area contributed by atoms with Crippen molar-refractivity contribution in [2.45, 2.75) is 34.6 Å². The Balaban J connectivity index is -0.000000273. The SMILES string of the molecule is CS(C)=O.C[C]1C(C)=C(C)C(C)=C1C.Nc1c[c-]ccc1.[CH3-].[Ir]. The van der Waals surface area contributed by atoms with E-state index >= 15 is 0 Å². The van der Waals surface area contributed by atoms with Crippen molar-refractivity contribution in [1.29, 1.82) is 0 Å². The Bertz CT molecular complexity index is 508. The molecule has 0 aliphatic heterocycles. The van der Waals surface area contributed by atoms with Crippen molar-refractivity contribution in [3.05, 3.63) is 66.0 Å². The first kappa shape index (κ1) is 27.2. The molecule has 0 atom stereocenters. The first-order chi connectivity index (χ1) is 9.68. The molecule has 0 heterocycles. The summed E-state index contributed by atoms with van der Waals surface area (Å²) in [7, 11) is -0.611. The van der Waals surface area contributed by atoms with Crippen molar-refractivity contribution in [2.24, 2.45) is 0 Å². The smallest absolute Gasteiger partial charge is 0.0226 e. The Labute approximate surface area is 159 Å². The fraction of sp³-hybridized carbons (Fsp3) is 0.368. The van der Waals surface area contributed by atoms with Crippen LogP contribution in [0.1, 0.15) is 34.6 Å². The second-order valence-electron chi connectivity index (χ2n) is 5.20. The van der Waals surface area contributed by atoms with E-state index < -0.39 is 10.8 Å². The molecular formula is C19H30IrNOS-2. The molecule has 0 fully saturated rings. The summed E-state index contributed by atoms with van der Waals surface area (Å²) in [5, 5.41) is 0. The molecule has 0 saturated carbocycles. The van der Waals surface area contributed by atoms with Crippen LogP contribution < -0.4 is 5.73 Å². The monoisotopic (exact) mass is 513 g/mol. The Morgan fingerprint density at radius 1 is 0.957 bits per heavy atom. The van der Waals surface area contributed by atoms with Crippen LogP contribution in [-0.4, -0.2) is 16.7 Å². The van der Waals surface area contributed by atoms with Crippen LogP contribution >= 0.6 is 0 Å². The third-order valence-electron chi connectivity index (χ3n) is 3.54. The summed E-state index contributed by atoms with van der Waals surface area (Å²) >= 11 is 0. The zero-order valence-corrected chi connectivity index (χ0v) is 18.7. The molecule has 1 aromatic carbocycles. The number of rotatable bonds is 0. The Hall–Kier alpha value is -0.701. The third kappa shape index (κ3) is 10.6. The predicted molar refractivity (Wildman–Crippen MR) is 102 cm³/mol. The van der Waals surface area contributed by atoms with Gasteiger partial charge in [0.25, 0.3) is 0 Å². The molecule has 1 aliphatic carbocycles. The molecule has 134 valence electrons. The van der Waals surface area contributed by atoms with Gasteiger partial charge in [0.1, 0.15) is 0 Å². The second-order valence-corrected chi connectivity index (χ2v) is 6.69. The van der Waals surface area contributed by atoms with Crippen LogP contribution in [0.3, 0.4) is 0 Å². The van der Waals surface area contributed by atoms with Gasteiger partial charge in [-0.2, -0.15) is 30.3 Å². The van der Waals surface area contributed by atoms with Crippen LogP contribution in [0, 0.1) is 19.4 Å². The van der Waals surface area contributed by atoms with Crippen LogP contribution in [-0.2, 0) is 30.9 Å². The van der Waals surface area contributed by atoms with E-state index in [-0.39, 0.29) is 27.5 Å². The predicted octanol–water partition coefficient (Wildman–Crippen LogP) is 4.78. The van der Waals surface area contributed by atoms with Gasteiger partial charge in [0, 0.05) is 49.3 Å². The third-order valence-corrected chi connectivity index (χ3v) is 3.54. The van der Waals surface area contributed by atoms with Gasteiger partial charge >= 0.3 is 0 Å². The molecule has 0 unspecified atom stereocenters. The summed E-state index contributed by atoms with van der Waals surface area (Å²) in [6, 6.07) is 10.1. The zero-order chi connectivity index (χ0) is 16.6. The standard InChI is InChI=1S/C10H15.C6H6N.C2H6OS.CH3.Ir/c1-6-7(2)9(4)10(5)8(6)3;7-6-4-2-1-3-5-6;1-4(2)3;;/h1-5H3;1-2,4-5H,7H2;1-2H3;1H3;/q;-1;;-1;. The summed E-state index contributed by atoms with van der Waals surface area (Å²) < 4.78 is 9.56. The molecule has 0 aromatic heterocycles. The average molecular weight is 513 g/mol. The minimum Gasteiger partial charge on any atom is -0.449 e. The molecule has 2 N–H and O–H groups in total. The summed E-state index contributed by atoms with van der Waals surface area (Å²) in [6.07, 6.45) is 3.28. The second kappa shape index (κ2) is 13.7. The molecule has 0 amide bonds. The van der Waals surface area contributed by atoms with Crippen LogP contribution in [0.4, 0.5) is 5.69 Å². The summed E-state index contributed by atoms with van der Waals surface area (Å²) in [5.41, 5.74) is 12.0. The molecule has 0 spiro atoms. The normalized spacial score (nSPS) is 13.4. The minimum absolute atomic E-state index is 0. The maximum atomic E-state index is 9.56. The molecule has 23 heavy (non-hydrogen) atoms. The van der Waals surface area contributed by atoms with Gasteiger partial charge < -0.3 is 13.2 Å². The Kier molecular flexibility index (Phi) is 16.2. The van der Waals surface area contributed by atoms with Crippen molar-refractivity contribution in [2.75, 3.05) is 18.2 Å². The molecular weight excluding hydrogens is 482 g/mol. The zero-order valence-electron chi connectivity index (χ0n) is 15.5. The molecule has 4 heteroatoms. The largest absolute Gasteiger partial charge is 0.449 e. The molecule has 2 rings (SSSR count). The van der Waals surface area contributed by atoms with Gasteiger partial charge in [-0.3, -0.25) is 4.21 Å². The maximum Gasteiger partial charge on any atom is 0.0226 e. The van der Waals surface area contributed by atoms with Crippen LogP contribution in [0.15, 0.2) is 46.6 Å². The van der Waals surface area contributed by atoms with Crippen molar-refractivity contribution in [1.82, 2.24) is 0 Å². The van der Waals surface area contributed by atoms with Gasteiger partial charge in [0.2, 0.25) is 0 Å².